The first-order valence-electron chi connectivity index (χ1n) is 7.90. The van der Waals surface area contributed by atoms with Crippen LogP contribution < -0.4 is 0 Å². The van der Waals surface area contributed by atoms with Gasteiger partial charge in [-0.25, -0.2) is 4.79 Å². The summed E-state index contributed by atoms with van der Waals surface area (Å²) in [7, 11) is -5.21. The van der Waals surface area contributed by atoms with Crippen molar-refractivity contribution in [3.8, 4) is 0 Å². The molecule has 2 unspecified atom stereocenters. The zero-order valence-corrected chi connectivity index (χ0v) is 17.7. The van der Waals surface area contributed by atoms with Crippen molar-refractivity contribution in [1.82, 2.24) is 0 Å². The third-order valence-corrected chi connectivity index (χ3v) is 14.7. The molecule has 0 aromatic heterocycles. The van der Waals surface area contributed by atoms with E-state index < -0.39 is 25.9 Å². The van der Waals surface area contributed by atoms with Gasteiger partial charge in [0.25, 0.3) is 9.28 Å². The van der Waals surface area contributed by atoms with Crippen molar-refractivity contribution in [2.24, 2.45) is 0 Å². The van der Waals surface area contributed by atoms with Gasteiger partial charge in [0.2, 0.25) is 8.32 Å². The number of rotatable bonds is 5. The lowest BCUT2D eigenvalue weighted by atomic mass is 10.4. The SMILES string of the molecule is C=C(C)C(=O)OCCC[Si]1(C)COCC[Si](C)(C)O[SiH](C)O1. The Morgan fingerprint density at radius 1 is 1.32 bits per heavy atom. The maximum atomic E-state index is 11.4. The molecular formula is C14H30O5Si3. The van der Waals surface area contributed by atoms with Crippen molar-refractivity contribution in [2.75, 3.05) is 19.4 Å². The van der Waals surface area contributed by atoms with E-state index in [1.54, 1.807) is 6.92 Å². The minimum absolute atomic E-state index is 0.322. The van der Waals surface area contributed by atoms with Crippen LogP contribution in [0, 0.1) is 0 Å². The van der Waals surface area contributed by atoms with Gasteiger partial charge in [-0.2, -0.15) is 0 Å². The number of esters is 1. The van der Waals surface area contributed by atoms with Gasteiger partial charge in [-0.05, 0) is 51.6 Å². The molecule has 2 atom stereocenters. The van der Waals surface area contributed by atoms with Gasteiger partial charge in [-0.3, -0.25) is 0 Å². The van der Waals surface area contributed by atoms with Gasteiger partial charge in [0.05, 0.1) is 12.8 Å². The molecule has 1 rings (SSSR count). The predicted molar refractivity (Wildman–Crippen MR) is 95.1 cm³/mol. The molecule has 0 N–H and O–H groups in total. The first-order valence-corrected chi connectivity index (χ1v) is 15.9. The van der Waals surface area contributed by atoms with Crippen LogP contribution in [0.2, 0.25) is 38.3 Å². The lowest BCUT2D eigenvalue weighted by Gasteiger charge is -2.31. The summed E-state index contributed by atoms with van der Waals surface area (Å²) < 4.78 is 23.6. The van der Waals surface area contributed by atoms with Gasteiger partial charge < -0.3 is 17.7 Å². The molecule has 128 valence electrons. The molecule has 0 bridgehead atoms. The summed E-state index contributed by atoms with van der Waals surface area (Å²) in [5.74, 6) is -0.322. The highest BCUT2D eigenvalue weighted by Crippen LogP contribution is 2.22. The van der Waals surface area contributed by atoms with Gasteiger partial charge in [0.1, 0.15) is 0 Å². The second kappa shape index (κ2) is 8.55. The third kappa shape index (κ3) is 7.34. The Labute approximate surface area is 138 Å². The Hall–Kier alpha value is -0.259. The van der Waals surface area contributed by atoms with Crippen LogP contribution in [-0.2, 0) is 22.5 Å². The Kier molecular flexibility index (Phi) is 7.69. The summed E-state index contributed by atoms with van der Waals surface area (Å²) in [5.41, 5.74) is 0.437. The number of hydrogen-bond donors (Lipinski definition) is 0. The standard InChI is InChI=1S/C14H30O5Si3/c1-13(2)14(15)17-8-7-10-22(6)12-16-9-11-21(4,5)18-20(3)19-22/h20H,1,7-12H2,2-6H3. The Morgan fingerprint density at radius 2 is 2.00 bits per heavy atom. The topological polar surface area (TPSA) is 54.0 Å². The van der Waals surface area contributed by atoms with Gasteiger partial charge in [0, 0.05) is 12.2 Å². The molecule has 1 heterocycles. The lowest BCUT2D eigenvalue weighted by molar-refractivity contribution is -0.138. The Bertz CT molecular complexity index is 402. The molecule has 1 fully saturated rings. The van der Waals surface area contributed by atoms with Crippen LogP contribution >= 0.6 is 0 Å². The third-order valence-electron chi connectivity index (χ3n) is 3.62. The van der Waals surface area contributed by atoms with E-state index in [1.165, 1.54) is 0 Å². The molecule has 0 aliphatic carbocycles. The second-order valence-corrected chi connectivity index (χ2v) is 17.6. The molecule has 0 aromatic rings. The van der Waals surface area contributed by atoms with Gasteiger partial charge in [-0.1, -0.05) is 6.58 Å². The van der Waals surface area contributed by atoms with Crippen molar-refractivity contribution in [1.29, 1.82) is 0 Å². The molecule has 0 aromatic carbocycles. The molecule has 0 spiro atoms. The lowest BCUT2D eigenvalue weighted by Crippen LogP contribution is -2.47. The molecular weight excluding hydrogens is 332 g/mol. The molecule has 8 heteroatoms. The number of carbonyl (C=O) groups is 1. The summed E-state index contributed by atoms with van der Waals surface area (Å²) in [6, 6.07) is 1.94. The van der Waals surface area contributed by atoms with Crippen LogP contribution in [-0.4, -0.2) is 51.3 Å². The fourth-order valence-corrected chi connectivity index (χ4v) is 13.3. The first kappa shape index (κ1) is 19.8. The highest BCUT2D eigenvalue weighted by Gasteiger charge is 2.36. The van der Waals surface area contributed by atoms with Crippen molar-refractivity contribution in [3.05, 3.63) is 12.2 Å². The average molecular weight is 363 g/mol. The van der Waals surface area contributed by atoms with E-state index in [0.29, 0.717) is 18.4 Å². The van der Waals surface area contributed by atoms with E-state index in [1.807, 2.05) is 0 Å². The monoisotopic (exact) mass is 362 g/mol. The Morgan fingerprint density at radius 3 is 2.64 bits per heavy atom. The summed E-state index contributed by atoms with van der Waals surface area (Å²) in [6.45, 7) is 15.2. The molecule has 1 aliphatic rings. The quantitative estimate of drug-likeness (QED) is 0.326. The molecule has 0 radical (unpaired) electrons. The fraction of sp³-hybridized carbons (Fsp3) is 0.786. The van der Waals surface area contributed by atoms with Gasteiger partial charge in [-0.15, -0.1) is 0 Å². The van der Waals surface area contributed by atoms with Crippen molar-refractivity contribution in [3.63, 3.8) is 0 Å². The molecule has 0 saturated carbocycles. The van der Waals surface area contributed by atoms with E-state index in [9.17, 15) is 4.79 Å². The maximum absolute atomic E-state index is 11.4. The highest BCUT2D eigenvalue weighted by atomic mass is 28.4. The summed E-state index contributed by atoms with van der Waals surface area (Å²) in [5, 5.41) is 0. The van der Waals surface area contributed by atoms with Gasteiger partial charge in [0.15, 0.2) is 8.32 Å². The van der Waals surface area contributed by atoms with E-state index >= 15 is 0 Å². The van der Waals surface area contributed by atoms with E-state index in [-0.39, 0.29) is 5.97 Å². The van der Waals surface area contributed by atoms with Crippen LogP contribution in [0.3, 0.4) is 0 Å². The van der Waals surface area contributed by atoms with Crippen LogP contribution in [0.4, 0.5) is 0 Å². The number of hydrogen-bond acceptors (Lipinski definition) is 5. The van der Waals surface area contributed by atoms with Crippen LogP contribution in [0.1, 0.15) is 13.3 Å². The zero-order valence-electron chi connectivity index (χ0n) is 14.6. The summed E-state index contributed by atoms with van der Waals surface area (Å²) in [6.07, 6.45) is 1.50. The molecule has 0 amide bonds. The predicted octanol–water partition coefficient (Wildman–Crippen LogP) is 2.73. The van der Waals surface area contributed by atoms with Crippen LogP contribution in [0.5, 0.6) is 0 Å². The van der Waals surface area contributed by atoms with Crippen molar-refractivity contribution < 1.29 is 22.5 Å². The number of ether oxygens (including phenoxy) is 2. The Balaban J connectivity index is 2.48. The fourth-order valence-electron chi connectivity index (χ4n) is 2.44. The summed E-state index contributed by atoms with van der Waals surface area (Å²) >= 11 is 0. The zero-order chi connectivity index (χ0) is 16.8. The van der Waals surface area contributed by atoms with Crippen LogP contribution in [0.25, 0.3) is 0 Å². The normalized spacial score (nSPS) is 29.0. The van der Waals surface area contributed by atoms with E-state index in [2.05, 4.69) is 32.8 Å². The van der Waals surface area contributed by atoms with Gasteiger partial charge >= 0.3 is 5.97 Å². The molecule has 22 heavy (non-hydrogen) atoms. The maximum Gasteiger partial charge on any atom is 0.333 e. The molecule has 1 saturated heterocycles. The van der Waals surface area contributed by atoms with E-state index in [4.69, 9.17) is 17.7 Å². The second-order valence-electron chi connectivity index (χ2n) is 6.84. The van der Waals surface area contributed by atoms with Crippen molar-refractivity contribution >= 4 is 31.9 Å². The minimum Gasteiger partial charge on any atom is -0.462 e. The molecule has 5 nitrogen and oxygen atoms in total. The minimum atomic E-state index is -1.95. The first-order chi connectivity index (χ1) is 10.1. The molecule has 1 aliphatic heterocycles. The summed E-state index contributed by atoms with van der Waals surface area (Å²) in [4.78, 5) is 11.4. The smallest absolute Gasteiger partial charge is 0.333 e. The van der Waals surface area contributed by atoms with Crippen molar-refractivity contribution in [2.45, 2.75) is 51.6 Å². The largest absolute Gasteiger partial charge is 0.462 e. The van der Waals surface area contributed by atoms with E-state index in [0.717, 1.165) is 25.1 Å². The highest BCUT2D eigenvalue weighted by molar-refractivity contribution is 6.82. The average Bonchev–Trinajstić information content (AvgIpc) is 2.42. The van der Waals surface area contributed by atoms with Crippen LogP contribution in [0.15, 0.2) is 12.2 Å². The number of carbonyl (C=O) groups excluding carboxylic acids is 1.